The lowest BCUT2D eigenvalue weighted by Crippen LogP contribution is -2.38. The van der Waals surface area contributed by atoms with Crippen LogP contribution >= 0.6 is 11.3 Å². The number of pyridine rings is 1. The number of nitrogens with zero attached hydrogens (tertiary/aromatic N) is 5. The summed E-state index contributed by atoms with van der Waals surface area (Å²) in [6, 6.07) is 38.0. The van der Waals surface area contributed by atoms with E-state index in [0.717, 1.165) is 39.1 Å². The number of carbonyl (C=O) groups is 1. The van der Waals surface area contributed by atoms with Gasteiger partial charge in [0.2, 0.25) is 0 Å². The largest absolute Gasteiger partial charge is 0.299 e. The van der Waals surface area contributed by atoms with E-state index < -0.39 is 17.3 Å². The van der Waals surface area contributed by atoms with Gasteiger partial charge in [-0.1, -0.05) is 96.6 Å². The number of aromatic nitrogens is 5. The Labute approximate surface area is 292 Å². The van der Waals surface area contributed by atoms with Crippen LogP contribution in [0.2, 0.25) is 0 Å². The number of benzene rings is 4. The molecule has 7 nitrogen and oxygen atoms in total. The number of imidazole rings is 1. The Kier molecular flexibility index (Phi) is 7.89. The Morgan fingerprint density at radius 1 is 0.760 bits per heavy atom. The maximum atomic E-state index is 15.4. The van der Waals surface area contributed by atoms with Gasteiger partial charge in [0.1, 0.15) is 17.0 Å². The van der Waals surface area contributed by atoms with Crippen molar-refractivity contribution < 1.29 is 9.18 Å². The standard InChI is InChI=1S/C41H31FN6OS/c1-27-10-9-15-34(20-27)41(32-11-5-3-6-12-32,33-13-7-4-8-14-33)48-25-31(22-44-48)30-17-19-38-43-23-37(47(38)24-30)29-16-18-35(36(42)21-29)39(49)46-40-45-28(2)26-50-40/h3-26H,1-2H3,(H,45,46,49). The predicted octanol–water partition coefficient (Wildman–Crippen LogP) is 9.17. The Hall–Kier alpha value is -6.19. The van der Waals surface area contributed by atoms with Crippen LogP contribution in [0.15, 0.2) is 145 Å². The first-order valence-corrected chi connectivity index (χ1v) is 17.0. The fraction of sp³-hybridized carbons (Fsp3) is 0.0732. The second kappa shape index (κ2) is 12.7. The molecular weight excluding hydrogens is 644 g/mol. The minimum absolute atomic E-state index is 0.0579. The van der Waals surface area contributed by atoms with E-state index >= 15 is 4.39 Å². The molecule has 50 heavy (non-hydrogen) atoms. The summed E-state index contributed by atoms with van der Waals surface area (Å²) in [5.74, 6) is -1.18. The predicted molar refractivity (Wildman–Crippen MR) is 196 cm³/mol. The summed E-state index contributed by atoms with van der Waals surface area (Å²) >= 11 is 1.30. The number of carbonyl (C=O) groups excluding carboxylic acids is 1. The van der Waals surface area contributed by atoms with E-state index in [4.69, 9.17) is 5.10 Å². The third kappa shape index (κ3) is 5.47. The van der Waals surface area contributed by atoms with E-state index in [1.165, 1.54) is 23.5 Å². The van der Waals surface area contributed by atoms with Crippen LogP contribution in [0.4, 0.5) is 9.52 Å². The summed E-state index contributed by atoms with van der Waals surface area (Å²) in [5, 5.41) is 9.97. The van der Waals surface area contributed by atoms with Gasteiger partial charge < -0.3 is 0 Å². The number of thiazole rings is 1. The molecule has 8 rings (SSSR count). The Morgan fingerprint density at radius 3 is 2.16 bits per heavy atom. The molecule has 0 radical (unpaired) electrons. The number of aryl methyl sites for hydroxylation is 2. The number of anilines is 1. The molecule has 4 aromatic carbocycles. The summed E-state index contributed by atoms with van der Waals surface area (Å²) in [4.78, 5) is 21.6. The van der Waals surface area contributed by atoms with Crippen molar-refractivity contribution in [3.8, 4) is 22.4 Å². The maximum absolute atomic E-state index is 15.4. The first-order valence-electron chi connectivity index (χ1n) is 16.1. The minimum atomic E-state index is -0.749. The molecule has 9 heteroatoms. The van der Waals surface area contributed by atoms with Gasteiger partial charge in [0.05, 0.1) is 29.3 Å². The van der Waals surface area contributed by atoms with Gasteiger partial charge in [0.15, 0.2) is 5.13 Å². The summed E-state index contributed by atoms with van der Waals surface area (Å²) in [6.07, 6.45) is 7.66. The molecule has 0 saturated carbocycles. The van der Waals surface area contributed by atoms with Crippen LogP contribution in [-0.2, 0) is 5.54 Å². The minimum Gasteiger partial charge on any atom is -0.299 e. The van der Waals surface area contributed by atoms with Crippen LogP contribution in [-0.4, -0.2) is 30.1 Å². The zero-order chi connectivity index (χ0) is 34.2. The highest BCUT2D eigenvalue weighted by Crippen LogP contribution is 2.41. The first kappa shape index (κ1) is 31.1. The lowest BCUT2D eigenvalue weighted by Gasteiger charge is -2.36. The fourth-order valence-corrected chi connectivity index (χ4v) is 7.26. The van der Waals surface area contributed by atoms with Gasteiger partial charge in [-0.3, -0.25) is 19.2 Å². The smallest absolute Gasteiger partial charge is 0.260 e. The third-order valence-corrected chi connectivity index (χ3v) is 9.81. The van der Waals surface area contributed by atoms with Gasteiger partial charge in [-0.25, -0.2) is 14.4 Å². The van der Waals surface area contributed by atoms with Crippen molar-refractivity contribution >= 4 is 28.0 Å². The molecule has 1 N–H and O–H groups in total. The van der Waals surface area contributed by atoms with Gasteiger partial charge in [-0.2, -0.15) is 5.10 Å². The molecule has 0 aliphatic rings. The van der Waals surface area contributed by atoms with Crippen LogP contribution in [0.5, 0.6) is 0 Å². The lowest BCUT2D eigenvalue weighted by atomic mass is 9.76. The Morgan fingerprint density at radius 2 is 1.48 bits per heavy atom. The summed E-state index contributed by atoms with van der Waals surface area (Å²) in [7, 11) is 0. The normalized spacial score (nSPS) is 11.6. The average Bonchev–Trinajstić information content (AvgIpc) is 3.90. The van der Waals surface area contributed by atoms with E-state index in [1.54, 1.807) is 12.3 Å². The van der Waals surface area contributed by atoms with E-state index in [0.29, 0.717) is 22.0 Å². The Bertz CT molecular complexity index is 2440. The van der Waals surface area contributed by atoms with Crippen molar-refractivity contribution in [3.05, 3.63) is 185 Å². The first-order chi connectivity index (χ1) is 24.4. The van der Waals surface area contributed by atoms with Crippen molar-refractivity contribution in [3.63, 3.8) is 0 Å². The topological polar surface area (TPSA) is 77.1 Å². The fourth-order valence-electron chi connectivity index (χ4n) is 6.58. The van der Waals surface area contributed by atoms with Gasteiger partial charge in [0, 0.05) is 34.5 Å². The third-order valence-electron chi connectivity index (χ3n) is 8.93. The summed E-state index contributed by atoms with van der Waals surface area (Å²) < 4.78 is 19.4. The average molecular weight is 675 g/mol. The van der Waals surface area contributed by atoms with Crippen molar-refractivity contribution in [2.75, 3.05) is 5.32 Å². The molecule has 0 saturated heterocycles. The molecule has 1 amide bonds. The summed E-state index contributed by atoms with van der Waals surface area (Å²) in [5.41, 5.74) is 8.22. The van der Waals surface area contributed by atoms with Gasteiger partial charge in [-0.05, 0) is 54.8 Å². The summed E-state index contributed by atoms with van der Waals surface area (Å²) in [6.45, 7) is 3.94. The van der Waals surface area contributed by atoms with Crippen LogP contribution in [0.25, 0.3) is 28.0 Å². The van der Waals surface area contributed by atoms with E-state index in [-0.39, 0.29) is 5.56 Å². The van der Waals surface area contributed by atoms with E-state index in [9.17, 15) is 4.79 Å². The molecule has 0 spiro atoms. The molecule has 0 aliphatic carbocycles. The molecule has 0 aliphatic heterocycles. The SMILES string of the molecule is Cc1cccc(C(c2ccccc2)(c2ccccc2)n2cc(-c3ccc4ncc(-c5ccc(C(=O)Nc6nc(C)cs6)c(F)c5)n4c3)cn2)c1. The highest BCUT2D eigenvalue weighted by molar-refractivity contribution is 7.13. The second-order valence-corrected chi connectivity index (χ2v) is 13.1. The molecule has 244 valence electrons. The van der Waals surface area contributed by atoms with E-state index in [2.05, 4.69) is 101 Å². The second-order valence-electron chi connectivity index (χ2n) is 12.2. The number of amides is 1. The van der Waals surface area contributed by atoms with Crippen molar-refractivity contribution in [1.29, 1.82) is 0 Å². The molecule has 0 bridgehead atoms. The molecule has 0 unspecified atom stereocenters. The lowest BCUT2D eigenvalue weighted by molar-refractivity contribution is 0.102. The number of hydrogen-bond acceptors (Lipinski definition) is 5. The molecular formula is C41H31FN6OS. The van der Waals surface area contributed by atoms with Crippen LogP contribution in [0.1, 0.15) is 38.3 Å². The highest BCUT2D eigenvalue weighted by atomic mass is 32.1. The van der Waals surface area contributed by atoms with Crippen molar-refractivity contribution in [1.82, 2.24) is 24.1 Å². The van der Waals surface area contributed by atoms with Crippen LogP contribution < -0.4 is 5.32 Å². The Balaban J connectivity index is 1.20. The molecule has 8 aromatic rings. The molecule has 0 fully saturated rings. The number of fused-ring (bicyclic) bond motifs is 1. The van der Waals surface area contributed by atoms with Gasteiger partial charge in [0.25, 0.3) is 5.91 Å². The number of nitrogens with one attached hydrogen (secondary N) is 1. The quantitative estimate of drug-likeness (QED) is 0.163. The van der Waals surface area contributed by atoms with Crippen molar-refractivity contribution in [2.45, 2.75) is 19.4 Å². The zero-order valence-corrected chi connectivity index (χ0v) is 28.1. The molecule has 0 atom stereocenters. The number of halogens is 1. The maximum Gasteiger partial charge on any atom is 0.260 e. The van der Waals surface area contributed by atoms with Crippen LogP contribution in [0.3, 0.4) is 0 Å². The van der Waals surface area contributed by atoms with E-state index in [1.807, 2.05) is 58.0 Å². The zero-order valence-electron chi connectivity index (χ0n) is 27.3. The molecule has 4 heterocycles. The van der Waals surface area contributed by atoms with Gasteiger partial charge >= 0.3 is 0 Å². The number of hydrogen-bond donors (Lipinski definition) is 1. The highest BCUT2D eigenvalue weighted by Gasteiger charge is 2.39. The monoisotopic (exact) mass is 674 g/mol. The number of rotatable bonds is 8. The van der Waals surface area contributed by atoms with Crippen molar-refractivity contribution in [2.24, 2.45) is 0 Å². The van der Waals surface area contributed by atoms with Crippen LogP contribution in [0, 0.1) is 19.7 Å². The van der Waals surface area contributed by atoms with Gasteiger partial charge in [-0.15, -0.1) is 11.3 Å². The molecule has 4 aromatic heterocycles.